The Kier molecular flexibility index (Phi) is 9.24. The van der Waals surface area contributed by atoms with Crippen molar-refractivity contribution < 1.29 is 4.74 Å². The molecular weight excluding hydrogens is 481 g/mol. The van der Waals surface area contributed by atoms with E-state index < -0.39 is 0 Å². The summed E-state index contributed by atoms with van der Waals surface area (Å²) in [5.74, 6) is 0.892. The van der Waals surface area contributed by atoms with Gasteiger partial charge in [0.1, 0.15) is 0 Å². The van der Waals surface area contributed by atoms with E-state index >= 15 is 0 Å². The number of hydrogen-bond donors (Lipinski definition) is 2. The zero-order chi connectivity index (χ0) is 19.1. The molecule has 0 bridgehead atoms. The SMILES string of the molecule is CCNC(=NCc1ccc(C)s1)NCC1(c2ccccc2C)CCOCC1.I. The molecule has 0 amide bonds. The molecule has 1 aromatic heterocycles. The highest BCUT2D eigenvalue weighted by Crippen LogP contribution is 2.36. The van der Waals surface area contributed by atoms with Crippen molar-refractivity contribution in [3.8, 4) is 0 Å². The first-order valence-corrected chi connectivity index (χ1v) is 10.7. The van der Waals surface area contributed by atoms with Crippen LogP contribution in [0.2, 0.25) is 0 Å². The van der Waals surface area contributed by atoms with Crippen LogP contribution >= 0.6 is 35.3 Å². The van der Waals surface area contributed by atoms with Gasteiger partial charge in [-0.2, -0.15) is 0 Å². The molecule has 2 N–H and O–H groups in total. The fourth-order valence-electron chi connectivity index (χ4n) is 3.79. The Bertz CT molecular complexity index is 769. The van der Waals surface area contributed by atoms with Crippen molar-refractivity contribution in [1.29, 1.82) is 0 Å². The van der Waals surface area contributed by atoms with Crippen molar-refractivity contribution in [2.24, 2.45) is 4.99 Å². The molecule has 2 heterocycles. The van der Waals surface area contributed by atoms with Gasteiger partial charge < -0.3 is 15.4 Å². The topological polar surface area (TPSA) is 45.7 Å². The summed E-state index contributed by atoms with van der Waals surface area (Å²) < 4.78 is 5.68. The molecule has 3 rings (SSSR count). The molecule has 154 valence electrons. The van der Waals surface area contributed by atoms with Crippen LogP contribution < -0.4 is 10.6 Å². The van der Waals surface area contributed by atoms with Crippen LogP contribution in [0.5, 0.6) is 0 Å². The van der Waals surface area contributed by atoms with Crippen molar-refractivity contribution in [2.45, 2.75) is 45.6 Å². The van der Waals surface area contributed by atoms with Crippen LogP contribution in [-0.2, 0) is 16.7 Å². The number of thiophene rings is 1. The summed E-state index contributed by atoms with van der Waals surface area (Å²) in [5, 5.41) is 7.02. The van der Waals surface area contributed by atoms with Crippen molar-refractivity contribution in [3.63, 3.8) is 0 Å². The van der Waals surface area contributed by atoms with Gasteiger partial charge in [0.15, 0.2) is 5.96 Å². The van der Waals surface area contributed by atoms with E-state index in [0.29, 0.717) is 6.54 Å². The van der Waals surface area contributed by atoms with Crippen LogP contribution in [0.15, 0.2) is 41.4 Å². The van der Waals surface area contributed by atoms with Gasteiger partial charge in [0.25, 0.3) is 0 Å². The minimum Gasteiger partial charge on any atom is -0.381 e. The van der Waals surface area contributed by atoms with E-state index in [2.05, 4.69) is 67.8 Å². The highest BCUT2D eigenvalue weighted by molar-refractivity contribution is 14.0. The summed E-state index contributed by atoms with van der Waals surface area (Å²) in [6, 6.07) is 13.1. The predicted octanol–water partition coefficient (Wildman–Crippen LogP) is 4.79. The lowest BCUT2D eigenvalue weighted by molar-refractivity contribution is 0.0512. The number of halogens is 1. The zero-order valence-electron chi connectivity index (χ0n) is 17.1. The number of ether oxygens (including phenoxy) is 1. The van der Waals surface area contributed by atoms with Crippen LogP contribution in [0.25, 0.3) is 0 Å². The van der Waals surface area contributed by atoms with E-state index in [-0.39, 0.29) is 29.4 Å². The minimum atomic E-state index is 0. The van der Waals surface area contributed by atoms with Gasteiger partial charge >= 0.3 is 0 Å². The van der Waals surface area contributed by atoms with E-state index in [1.54, 1.807) is 0 Å². The van der Waals surface area contributed by atoms with Crippen LogP contribution in [0.1, 0.15) is 40.6 Å². The molecule has 0 atom stereocenters. The Morgan fingerprint density at radius 2 is 1.86 bits per heavy atom. The van der Waals surface area contributed by atoms with Crippen LogP contribution in [-0.4, -0.2) is 32.3 Å². The van der Waals surface area contributed by atoms with Crippen LogP contribution in [0.3, 0.4) is 0 Å². The second-order valence-corrected chi connectivity index (χ2v) is 8.64. The Hall–Kier alpha value is -1.12. The average molecular weight is 513 g/mol. The molecule has 1 aromatic carbocycles. The summed E-state index contributed by atoms with van der Waals surface area (Å²) in [6.07, 6.45) is 2.07. The lowest BCUT2D eigenvalue weighted by Crippen LogP contribution is -2.48. The van der Waals surface area contributed by atoms with E-state index in [1.165, 1.54) is 20.9 Å². The molecule has 1 saturated heterocycles. The van der Waals surface area contributed by atoms with Gasteiger partial charge in [-0.15, -0.1) is 35.3 Å². The summed E-state index contributed by atoms with van der Waals surface area (Å²) in [6.45, 7) is 10.5. The van der Waals surface area contributed by atoms with Crippen molar-refractivity contribution in [1.82, 2.24) is 10.6 Å². The normalized spacial score (nSPS) is 16.3. The minimum absolute atomic E-state index is 0. The maximum Gasteiger partial charge on any atom is 0.191 e. The molecule has 28 heavy (non-hydrogen) atoms. The fourth-order valence-corrected chi connectivity index (χ4v) is 4.61. The molecule has 0 aliphatic carbocycles. The molecule has 0 unspecified atom stereocenters. The largest absolute Gasteiger partial charge is 0.381 e. The maximum atomic E-state index is 5.68. The molecule has 2 aromatic rings. The average Bonchev–Trinajstić information content (AvgIpc) is 3.10. The Labute approximate surface area is 190 Å². The lowest BCUT2D eigenvalue weighted by atomic mass is 9.72. The molecule has 0 saturated carbocycles. The lowest BCUT2D eigenvalue weighted by Gasteiger charge is -2.39. The van der Waals surface area contributed by atoms with E-state index in [1.807, 2.05) is 11.3 Å². The third-order valence-electron chi connectivity index (χ3n) is 5.29. The Morgan fingerprint density at radius 1 is 1.11 bits per heavy atom. The number of benzene rings is 1. The molecule has 0 spiro atoms. The van der Waals surface area contributed by atoms with Gasteiger partial charge in [0, 0.05) is 41.5 Å². The molecule has 1 aliphatic heterocycles. The number of nitrogens with zero attached hydrogens (tertiary/aromatic N) is 1. The number of guanidine groups is 1. The van der Waals surface area contributed by atoms with Gasteiger partial charge in [-0.25, -0.2) is 4.99 Å². The molecule has 1 fully saturated rings. The summed E-state index contributed by atoms with van der Waals surface area (Å²) in [7, 11) is 0. The second-order valence-electron chi connectivity index (χ2n) is 7.27. The number of rotatable bonds is 6. The first kappa shape index (κ1) is 23.2. The van der Waals surface area contributed by atoms with Gasteiger partial charge in [-0.3, -0.25) is 0 Å². The van der Waals surface area contributed by atoms with Crippen molar-refractivity contribution in [3.05, 3.63) is 57.3 Å². The number of aryl methyl sites for hydroxylation is 2. The highest BCUT2D eigenvalue weighted by Gasteiger charge is 2.35. The van der Waals surface area contributed by atoms with Crippen LogP contribution in [0, 0.1) is 13.8 Å². The predicted molar refractivity (Wildman–Crippen MR) is 130 cm³/mol. The van der Waals surface area contributed by atoms with E-state index in [9.17, 15) is 0 Å². The maximum absolute atomic E-state index is 5.68. The first-order valence-electron chi connectivity index (χ1n) is 9.84. The standard InChI is InChI=1S/C22H31N3OS.HI/c1-4-23-21(24-15-19-10-9-18(3)27-19)25-16-22(11-13-26-14-12-22)20-8-6-5-7-17(20)2;/h5-10H,4,11-16H2,1-3H3,(H2,23,24,25);1H. The molecule has 6 heteroatoms. The molecule has 4 nitrogen and oxygen atoms in total. The molecule has 0 radical (unpaired) electrons. The Morgan fingerprint density at radius 3 is 2.50 bits per heavy atom. The quantitative estimate of drug-likeness (QED) is 0.332. The zero-order valence-corrected chi connectivity index (χ0v) is 20.2. The molecule has 1 aliphatic rings. The first-order chi connectivity index (χ1) is 13.1. The summed E-state index contributed by atoms with van der Waals surface area (Å²) in [5.41, 5.74) is 2.89. The summed E-state index contributed by atoms with van der Waals surface area (Å²) in [4.78, 5) is 7.43. The summed E-state index contributed by atoms with van der Waals surface area (Å²) >= 11 is 1.81. The monoisotopic (exact) mass is 513 g/mol. The fraction of sp³-hybridized carbons (Fsp3) is 0.500. The Balaban J connectivity index is 0.00000280. The highest BCUT2D eigenvalue weighted by atomic mass is 127. The number of hydrogen-bond acceptors (Lipinski definition) is 3. The van der Waals surface area contributed by atoms with Crippen molar-refractivity contribution in [2.75, 3.05) is 26.3 Å². The third kappa shape index (κ3) is 5.94. The van der Waals surface area contributed by atoms with Gasteiger partial charge in [0.2, 0.25) is 0 Å². The van der Waals surface area contributed by atoms with Crippen LogP contribution in [0.4, 0.5) is 0 Å². The van der Waals surface area contributed by atoms with Gasteiger partial charge in [0.05, 0.1) is 6.54 Å². The van der Waals surface area contributed by atoms with Gasteiger partial charge in [-0.05, 0) is 56.9 Å². The number of aliphatic imine (C=N–C) groups is 1. The van der Waals surface area contributed by atoms with Crippen molar-refractivity contribution >= 4 is 41.3 Å². The smallest absolute Gasteiger partial charge is 0.191 e. The third-order valence-corrected chi connectivity index (χ3v) is 6.28. The number of nitrogens with one attached hydrogen (secondary N) is 2. The van der Waals surface area contributed by atoms with E-state index in [0.717, 1.165) is 45.1 Å². The van der Waals surface area contributed by atoms with E-state index in [4.69, 9.17) is 9.73 Å². The van der Waals surface area contributed by atoms with Gasteiger partial charge in [-0.1, -0.05) is 24.3 Å². The molecular formula is C22H32IN3OS. The second kappa shape index (κ2) is 11.2.